The molecule has 0 heterocycles. The molecule has 0 aliphatic rings. The van der Waals surface area contributed by atoms with Crippen molar-refractivity contribution >= 4 is 41.7 Å². The van der Waals surface area contributed by atoms with Crippen molar-refractivity contribution in [2.45, 2.75) is 25.7 Å². The minimum Gasteiger partial charge on any atom is -0.349 e. The SMILES string of the molecule is CSCCCCCCN=C(N(C)C)N(C)C.I. The van der Waals surface area contributed by atoms with Gasteiger partial charge in [-0.05, 0) is 24.9 Å². The lowest BCUT2D eigenvalue weighted by atomic mass is 10.2. The number of thioether (sulfide) groups is 1. The van der Waals surface area contributed by atoms with Gasteiger partial charge < -0.3 is 9.80 Å². The Morgan fingerprint density at radius 2 is 1.47 bits per heavy atom. The molecule has 0 fully saturated rings. The van der Waals surface area contributed by atoms with Crippen LogP contribution in [-0.2, 0) is 0 Å². The second-order valence-electron chi connectivity index (χ2n) is 4.38. The van der Waals surface area contributed by atoms with E-state index in [1.807, 2.05) is 40.0 Å². The summed E-state index contributed by atoms with van der Waals surface area (Å²) in [5.41, 5.74) is 0. The van der Waals surface area contributed by atoms with Crippen molar-refractivity contribution in [3.8, 4) is 0 Å². The summed E-state index contributed by atoms with van der Waals surface area (Å²) in [5.74, 6) is 2.35. The second kappa shape index (κ2) is 12.8. The lowest BCUT2D eigenvalue weighted by Gasteiger charge is -2.22. The summed E-state index contributed by atoms with van der Waals surface area (Å²) in [5, 5.41) is 0. The normalized spacial score (nSPS) is 9.47. The van der Waals surface area contributed by atoms with E-state index in [-0.39, 0.29) is 24.0 Å². The van der Waals surface area contributed by atoms with Crippen LogP contribution in [0.4, 0.5) is 0 Å². The molecule has 0 aliphatic heterocycles. The number of halogens is 1. The molecule has 17 heavy (non-hydrogen) atoms. The molecule has 0 aliphatic carbocycles. The van der Waals surface area contributed by atoms with Crippen LogP contribution in [0.15, 0.2) is 4.99 Å². The first-order valence-corrected chi connectivity index (χ1v) is 7.37. The van der Waals surface area contributed by atoms with Crippen molar-refractivity contribution in [2.24, 2.45) is 4.99 Å². The predicted octanol–water partition coefficient (Wildman–Crippen LogP) is 3.01. The van der Waals surface area contributed by atoms with Gasteiger partial charge in [-0.25, -0.2) is 0 Å². The number of guanidine groups is 1. The Morgan fingerprint density at radius 3 is 1.94 bits per heavy atom. The van der Waals surface area contributed by atoms with Crippen LogP contribution < -0.4 is 0 Å². The smallest absolute Gasteiger partial charge is 0.195 e. The van der Waals surface area contributed by atoms with Gasteiger partial charge in [0.15, 0.2) is 5.96 Å². The summed E-state index contributed by atoms with van der Waals surface area (Å²) in [4.78, 5) is 8.73. The van der Waals surface area contributed by atoms with Gasteiger partial charge in [-0.1, -0.05) is 12.8 Å². The highest BCUT2D eigenvalue weighted by Gasteiger charge is 2.02. The molecule has 0 atom stereocenters. The number of hydrogen-bond acceptors (Lipinski definition) is 2. The zero-order valence-corrected chi connectivity index (χ0v) is 15.0. The van der Waals surface area contributed by atoms with Crippen molar-refractivity contribution in [3.63, 3.8) is 0 Å². The molecule has 5 heteroatoms. The molecule has 0 amide bonds. The van der Waals surface area contributed by atoms with Gasteiger partial charge in [0.25, 0.3) is 0 Å². The molecule has 0 spiro atoms. The topological polar surface area (TPSA) is 18.8 Å². The molecular weight excluding hydrogens is 345 g/mol. The maximum absolute atomic E-state index is 4.60. The van der Waals surface area contributed by atoms with Crippen molar-refractivity contribution in [1.29, 1.82) is 0 Å². The van der Waals surface area contributed by atoms with Crippen molar-refractivity contribution in [1.82, 2.24) is 9.80 Å². The Bertz CT molecular complexity index is 186. The zero-order valence-electron chi connectivity index (χ0n) is 11.9. The highest BCUT2D eigenvalue weighted by Crippen LogP contribution is 2.04. The molecule has 0 saturated carbocycles. The van der Waals surface area contributed by atoms with Gasteiger partial charge in [-0.15, -0.1) is 24.0 Å². The fourth-order valence-electron chi connectivity index (χ4n) is 1.57. The molecule has 0 aromatic rings. The summed E-state index contributed by atoms with van der Waals surface area (Å²) in [6.45, 7) is 0.949. The molecule has 0 bridgehead atoms. The van der Waals surface area contributed by atoms with Crippen LogP contribution in [0, 0.1) is 0 Å². The van der Waals surface area contributed by atoms with Gasteiger partial charge in [-0.3, -0.25) is 4.99 Å². The molecule has 0 N–H and O–H groups in total. The van der Waals surface area contributed by atoms with Crippen LogP contribution in [0.2, 0.25) is 0 Å². The van der Waals surface area contributed by atoms with Gasteiger partial charge >= 0.3 is 0 Å². The monoisotopic (exact) mass is 373 g/mol. The quantitative estimate of drug-likeness (QED) is 0.296. The minimum absolute atomic E-state index is 0. The van der Waals surface area contributed by atoms with Crippen molar-refractivity contribution in [3.05, 3.63) is 0 Å². The summed E-state index contributed by atoms with van der Waals surface area (Å²) in [7, 11) is 8.16. The first-order valence-electron chi connectivity index (χ1n) is 5.97. The Labute approximate surface area is 128 Å². The molecule has 0 aromatic heterocycles. The van der Waals surface area contributed by atoms with Gasteiger partial charge in [0.1, 0.15) is 0 Å². The third-order valence-electron chi connectivity index (χ3n) is 2.31. The average molecular weight is 373 g/mol. The van der Waals surface area contributed by atoms with Crippen LogP contribution in [0.25, 0.3) is 0 Å². The van der Waals surface area contributed by atoms with Gasteiger partial charge in [0, 0.05) is 34.7 Å². The second-order valence-corrected chi connectivity index (χ2v) is 5.36. The Hall–Kier alpha value is 0.350. The van der Waals surface area contributed by atoms with Gasteiger partial charge in [-0.2, -0.15) is 11.8 Å². The van der Waals surface area contributed by atoms with E-state index in [4.69, 9.17) is 0 Å². The number of nitrogens with zero attached hydrogens (tertiary/aromatic N) is 3. The largest absolute Gasteiger partial charge is 0.349 e. The minimum atomic E-state index is 0. The summed E-state index contributed by atoms with van der Waals surface area (Å²) in [6.07, 6.45) is 7.37. The molecule has 3 nitrogen and oxygen atoms in total. The highest BCUT2D eigenvalue weighted by atomic mass is 127. The van der Waals surface area contributed by atoms with Crippen LogP contribution in [0.1, 0.15) is 25.7 Å². The maximum atomic E-state index is 4.60. The van der Waals surface area contributed by atoms with E-state index in [9.17, 15) is 0 Å². The summed E-state index contributed by atoms with van der Waals surface area (Å²) in [6, 6.07) is 0. The first kappa shape index (κ1) is 19.7. The van der Waals surface area contributed by atoms with E-state index in [1.165, 1.54) is 31.4 Å². The first-order chi connectivity index (χ1) is 7.59. The number of unbranched alkanes of at least 4 members (excludes halogenated alkanes) is 3. The van der Waals surface area contributed by atoms with E-state index >= 15 is 0 Å². The molecule has 104 valence electrons. The van der Waals surface area contributed by atoms with Crippen LogP contribution >= 0.6 is 35.7 Å². The maximum Gasteiger partial charge on any atom is 0.195 e. The van der Waals surface area contributed by atoms with E-state index < -0.39 is 0 Å². The lowest BCUT2D eigenvalue weighted by Crippen LogP contribution is -2.35. The number of rotatable bonds is 7. The van der Waals surface area contributed by atoms with Crippen molar-refractivity contribution < 1.29 is 0 Å². The van der Waals surface area contributed by atoms with Crippen LogP contribution in [0.5, 0.6) is 0 Å². The molecule has 0 saturated heterocycles. The molecule has 0 rings (SSSR count). The summed E-state index contributed by atoms with van der Waals surface area (Å²) < 4.78 is 0. The Kier molecular flexibility index (Phi) is 14.8. The molecule has 0 aromatic carbocycles. The Morgan fingerprint density at radius 1 is 0.941 bits per heavy atom. The standard InChI is InChI=1S/C12H27N3S.HI/c1-14(2)12(15(3)4)13-10-8-6-7-9-11-16-5;/h6-11H2,1-5H3;1H. The van der Waals surface area contributed by atoms with Gasteiger partial charge in [0.05, 0.1) is 0 Å². The highest BCUT2D eigenvalue weighted by molar-refractivity contribution is 14.0. The van der Waals surface area contributed by atoms with E-state index in [0.29, 0.717) is 0 Å². The van der Waals surface area contributed by atoms with E-state index in [2.05, 4.69) is 21.0 Å². The average Bonchev–Trinajstić information content (AvgIpc) is 2.21. The lowest BCUT2D eigenvalue weighted by molar-refractivity contribution is 0.478. The van der Waals surface area contributed by atoms with Crippen molar-refractivity contribution in [2.75, 3.05) is 46.7 Å². The predicted molar refractivity (Wildman–Crippen MR) is 91.9 cm³/mol. The fourth-order valence-corrected chi connectivity index (χ4v) is 2.07. The van der Waals surface area contributed by atoms with E-state index in [1.54, 1.807) is 0 Å². The molecule has 0 radical (unpaired) electrons. The van der Waals surface area contributed by atoms with Gasteiger partial charge in [0.2, 0.25) is 0 Å². The number of aliphatic imine (C=N–C) groups is 1. The van der Waals surface area contributed by atoms with E-state index in [0.717, 1.165) is 12.5 Å². The molecular formula is C12H28IN3S. The third-order valence-corrected chi connectivity index (χ3v) is 3.01. The third kappa shape index (κ3) is 11.2. The summed E-state index contributed by atoms with van der Waals surface area (Å²) >= 11 is 1.94. The van der Waals surface area contributed by atoms with Crippen LogP contribution in [0.3, 0.4) is 0 Å². The molecule has 0 unspecified atom stereocenters. The zero-order chi connectivity index (χ0) is 12.4. The fraction of sp³-hybridized carbons (Fsp3) is 0.917. The Balaban J connectivity index is 0. The van der Waals surface area contributed by atoms with Crippen LogP contribution in [-0.4, -0.2) is 62.5 Å². The number of hydrogen-bond donors (Lipinski definition) is 0.